The summed E-state index contributed by atoms with van der Waals surface area (Å²) in [6.45, 7) is 5.65. The van der Waals surface area contributed by atoms with Gasteiger partial charge in [0, 0.05) is 11.6 Å². The van der Waals surface area contributed by atoms with Gasteiger partial charge < -0.3 is 10.2 Å². The van der Waals surface area contributed by atoms with Crippen molar-refractivity contribution >= 4 is 0 Å². The van der Waals surface area contributed by atoms with Crippen molar-refractivity contribution in [1.82, 2.24) is 30.2 Å². The Hall–Kier alpha value is -3.63. The van der Waals surface area contributed by atoms with Gasteiger partial charge >= 0.3 is 0 Å². The van der Waals surface area contributed by atoms with Crippen molar-refractivity contribution in [3.63, 3.8) is 0 Å². The number of rotatable bonds is 8. The molecule has 0 bridgehead atoms. The predicted octanol–water partition coefficient (Wildman–Crippen LogP) is 3.70. The summed E-state index contributed by atoms with van der Waals surface area (Å²) < 4.78 is 30.1. The highest BCUT2D eigenvalue weighted by Gasteiger charge is 2.22. The summed E-state index contributed by atoms with van der Waals surface area (Å²) in [5, 5.41) is 35.3. The van der Waals surface area contributed by atoms with Gasteiger partial charge in [0.1, 0.15) is 17.3 Å². The molecule has 35 heavy (non-hydrogen) atoms. The summed E-state index contributed by atoms with van der Waals surface area (Å²) in [6.07, 6.45) is 0.713. The average Bonchev–Trinajstić information content (AvgIpc) is 3.32. The largest absolute Gasteiger partial charge is 0.394 e. The van der Waals surface area contributed by atoms with Crippen LogP contribution in [0.5, 0.6) is 0 Å². The summed E-state index contributed by atoms with van der Waals surface area (Å²) in [4.78, 5) is 4.73. The molecule has 8 nitrogen and oxygen atoms in total. The van der Waals surface area contributed by atoms with Crippen LogP contribution in [-0.2, 0) is 6.54 Å². The lowest BCUT2D eigenvalue weighted by Gasteiger charge is -2.18. The number of aliphatic hydroxyl groups is 2. The Morgan fingerprint density at radius 1 is 0.914 bits per heavy atom. The summed E-state index contributed by atoms with van der Waals surface area (Å²) >= 11 is 0. The van der Waals surface area contributed by atoms with Gasteiger partial charge in [-0.2, -0.15) is 10.2 Å². The van der Waals surface area contributed by atoms with Crippen LogP contribution in [0.3, 0.4) is 0 Å². The van der Waals surface area contributed by atoms with Crippen LogP contribution < -0.4 is 0 Å². The summed E-state index contributed by atoms with van der Waals surface area (Å²) in [6, 6.07) is 10.9. The van der Waals surface area contributed by atoms with Crippen molar-refractivity contribution in [3.05, 3.63) is 77.2 Å². The molecule has 0 saturated carbocycles. The van der Waals surface area contributed by atoms with E-state index < -0.39 is 17.7 Å². The van der Waals surface area contributed by atoms with E-state index in [1.165, 1.54) is 22.9 Å². The minimum atomic E-state index is -0.933. The molecular weight excluding hydrogens is 454 g/mol. The third-order valence-corrected chi connectivity index (χ3v) is 5.73. The molecule has 0 spiro atoms. The van der Waals surface area contributed by atoms with E-state index >= 15 is 0 Å². The highest BCUT2D eigenvalue weighted by molar-refractivity contribution is 5.61. The van der Waals surface area contributed by atoms with Gasteiger partial charge in [-0.25, -0.2) is 13.5 Å². The summed E-state index contributed by atoms with van der Waals surface area (Å²) in [7, 11) is 0. The molecule has 0 radical (unpaired) electrons. The van der Waals surface area contributed by atoms with Crippen molar-refractivity contribution < 1.29 is 19.0 Å². The first-order chi connectivity index (χ1) is 16.8. The number of aliphatic hydroxyl groups excluding tert-OH is 2. The Morgan fingerprint density at radius 3 is 2.31 bits per heavy atom. The average molecular weight is 481 g/mol. The van der Waals surface area contributed by atoms with Gasteiger partial charge in [0.25, 0.3) is 0 Å². The van der Waals surface area contributed by atoms with Crippen LogP contribution in [0.25, 0.3) is 22.6 Å². The number of pyridine rings is 1. The fraction of sp³-hybridized carbons (Fsp3) is 0.320. The van der Waals surface area contributed by atoms with E-state index in [1.807, 2.05) is 32.9 Å². The lowest BCUT2D eigenvalue weighted by Crippen LogP contribution is -2.20. The molecule has 4 aromatic rings. The van der Waals surface area contributed by atoms with E-state index in [-0.39, 0.29) is 36.2 Å². The smallest absolute Gasteiger partial charge is 0.135 e. The molecule has 4 rings (SSSR count). The van der Waals surface area contributed by atoms with Crippen LogP contribution in [0.15, 0.2) is 48.7 Å². The van der Waals surface area contributed by atoms with E-state index in [9.17, 15) is 13.9 Å². The number of nitrogens with zero attached hydrogens (tertiary/aromatic N) is 6. The molecule has 1 unspecified atom stereocenters. The molecule has 182 valence electrons. The second kappa shape index (κ2) is 10.3. The van der Waals surface area contributed by atoms with E-state index in [0.29, 0.717) is 22.8 Å². The monoisotopic (exact) mass is 480 g/mol. The van der Waals surface area contributed by atoms with Gasteiger partial charge in [0.05, 0.1) is 48.1 Å². The topological polar surface area (TPSA) is 110 Å². The molecule has 0 aliphatic rings. The molecule has 3 aromatic heterocycles. The first kappa shape index (κ1) is 24.5. The van der Waals surface area contributed by atoms with Gasteiger partial charge in [-0.1, -0.05) is 38.1 Å². The van der Waals surface area contributed by atoms with Crippen molar-refractivity contribution in [1.29, 1.82) is 0 Å². The molecule has 3 heterocycles. The molecule has 0 aliphatic carbocycles. The highest BCUT2D eigenvalue weighted by Crippen LogP contribution is 2.32. The van der Waals surface area contributed by atoms with Gasteiger partial charge in [-0.15, -0.1) is 5.10 Å². The number of halogens is 2. The standard InChI is InChI=1S/C25H26F2N6O2/c1-14(2)17-10-22(24-18(26)6-4-7-19(24)27)29-31-25(17)15(3)20-8-5-9-21(28-20)23-12-33(32-30-23)11-16(35)13-34/h4-10,12,14-16,34-35H,11,13H2,1-3H3/t15?,16-/m1/s1. The maximum Gasteiger partial charge on any atom is 0.135 e. The maximum absolute atomic E-state index is 14.3. The fourth-order valence-electron chi connectivity index (χ4n) is 3.83. The van der Waals surface area contributed by atoms with Crippen LogP contribution in [-0.4, -0.2) is 53.1 Å². The van der Waals surface area contributed by atoms with Gasteiger partial charge in [0.2, 0.25) is 0 Å². The zero-order valence-electron chi connectivity index (χ0n) is 19.6. The molecule has 0 saturated heterocycles. The van der Waals surface area contributed by atoms with Crippen LogP contribution >= 0.6 is 0 Å². The van der Waals surface area contributed by atoms with Gasteiger partial charge in [-0.05, 0) is 41.8 Å². The second-order valence-corrected chi connectivity index (χ2v) is 8.65. The molecule has 2 N–H and O–H groups in total. The Balaban J connectivity index is 1.67. The van der Waals surface area contributed by atoms with Crippen molar-refractivity contribution in [2.24, 2.45) is 0 Å². The molecule has 1 aromatic carbocycles. The second-order valence-electron chi connectivity index (χ2n) is 8.65. The molecule has 10 heteroatoms. The first-order valence-electron chi connectivity index (χ1n) is 11.3. The third kappa shape index (κ3) is 5.23. The Morgan fingerprint density at radius 2 is 1.63 bits per heavy atom. The van der Waals surface area contributed by atoms with Crippen molar-refractivity contribution in [3.8, 4) is 22.6 Å². The number of hydrogen-bond acceptors (Lipinski definition) is 7. The first-order valence-corrected chi connectivity index (χ1v) is 11.3. The SMILES string of the molecule is CC(C)c1cc(-c2c(F)cccc2F)nnc1C(C)c1cccc(-c2cn(C[C@@H](O)CO)nn2)n1. The predicted molar refractivity (Wildman–Crippen MR) is 125 cm³/mol. The van der Waals surface area contributed by atoms with Crippen molar-refractivity contribution in [2.45, 2.75) is 45.3 Å². The number of hydrogen-bond donors (Lipinski definition) is 2. The third-order valence-electron chi connectivity index (χ3n) is 5.73. The van der Waals surface area contributed by atoms with E-state index in [2.05, 4.69) is 20.5 Å². The lowest BCUT2D eigenvalue weighted by atomic mass is 9.91. The molecule has 0 fully saturated rings. The lowest BCUT2D eigenvalue weighted by molar-refractivity contribution is 0.0778. The van der Waals surface area contributed by atoms with Crippen LogP contribution in [0.2, 0.25) is 0 Å². The normalized spacial score (nSPS) is 13.3. The zero-order valence-corrected chi connectivity index (χ0v) is 19.6. The van der Waals surface area contributed by atoms with E-state index in [4.69, 9.17) is 10.1 Å². The Labute approximate surface area is 201 Å². The molecule has 0 aliphatic heterocycles. The minimum Gasteiger partial charge on any atom is -0.394 e. The zero-order chi connectivity index (χ0) is 25.1. The van der Waals surface area contributed by atoms with Crippen LogP contribution in [0, 0.1) is 11.6 Å². The van der Waals surface area contributed by atoms with Crippen LogP contribution in [0.4, 0.5) is 8.78 Å². The molecular formula is C25H26F2N6O2. The molecule has 0 amide bonds. The van der Waals surface area contributed by atoms with Crippen molar-refractivity contribution in [2.75, 3.05) is 6.61 Å². The van der Waals surface area contributed by atoms with E-state index in [0.717, 1.165) is 5.56 Å². The minimum absolute atomic E-state index is 0.0255. The molecule has 2 atom stereocenters. The maximum atomic E-state index is 14.3. The fourth-order valence-corrected chi connectivity index (χ4v) is 3.83. The Kier molecular flexibility index (Phi) is 7.23. The van der Waals surface area contributed by atoms with Gasteiger partial charge in [-0.3, -0.25) is 4.98 Å². The number of aromatic nitrogens is 6. The van der Waals surface area contributed by atoms with Gasteiger partial charge in [0.15, 0.2) is 0 Å². The highest BCUT2D eigenvalue weighted by atomic mass is 19.1. The van der Waals surface area contributed by atoms with Crippen LogP contribution in [0.1, 0.15) is 49.6 Å². The summed E-state index contributed by atoms with van der Waals surface area (Å²) in [5.74, 6) is -1.62. The van der Waals surface area contributed by atoms with E-state index in [1.54, 1.807) is 18.3 Å². The Bertz CT molecular complexity index is 1310. The quantitative estimate of drug-likeness (QED) is 0.396. The number of benzene rings is 1. The summed E-state index contributed by atoms with van der Waals surface area (Å²) in [5.41, 5.74) is 3.25.